The van der Waals surface area contributed by atoms with Gasteiger partial charge >= 0.3 is 5.69 Å². The lowest BCUT2D eigenvalue weighted by molar-refractivity contribution is -0.117. The van der Waals surface area contributed by atoms with Crippen molar-refractivity contribution in [3.63, 3.8) is 0 Å². The van der Waals surface area contributed by atoms with E-state index in [4.69, 9.17) is 0 Å². The number of halogens is 1. The zero-order valence-electron chi connectivity index (χ0n) is 10.0. The van der Waals surface area contributed by atoms with Crippen LogP contribution >= 0.6 is 15.9 Å². The van der Waals surface area contributed by atoms with E-state index in [9.17, 15) is 9.59 Å². The Hall–Kier alpha value is -1.60. The van der Waals surface area contributed by atoms with Gasteiger partial charge in [0.2, 0.25) is 5.91 Å². The molecule has 1 amide bonds. The Morgan fingerprint density at radius 2 is 2.05 bits per heavy atom. The normalized spacial score (nSPS) is 18.9. The van der Waals surface area contributed by atoms with Crippen LogP contribution in [0.3, 0.4) is 0 Å². The summed E-state index contributed by atoms with van der Waals surface area (Å²) in [4.78, 5) is 28.6. The van der Waals surface area contributed by atoms with Crippen molar-refractivity contribution in [1.82, 2.24) is 15.3 Å². The lowest BCUT2D eigenvalue weighted by Crippen LogP contribution is -2.35. The van der Waals surface area contributed by atoms with E-state index in [1.165, 1.54) is 0 Å². The zero-order chi connectivity index (χ0) is 13.4. The van der Waals surface area contributed by atoms with Crippen molar-refractivity contribution in [2.45, 2.75) is 18.9 Å². The van der Waals surface area contributed by atoms with Gasteiger partial charge in [0.25, 0.3) is 0 Å². The second-order valence-corrected chi connectivity index (χ2v) is 5.45. The summed E-state index contributed by atoms with van der Waals surface area (Å²) in [6, 6.07) is 3.38. The van der Waals surface area contributed by atoms with Gasteiger partial charge < -0.3 is 20.6 Å². The van der Waals surface area contributed by atoms with Crippen molar-refractivity contribution in [3.05, 3.63) is 27.1 Å². The molecule has 0 saturated carbocycles. The van der Waals surface area contributed by atoms with E-state index in [0.29, 0.717) is 16.7 Å². The van der Waals surface area contributed by atoms with Gasteiger partial charge in [-0.15, -0.1) is 0 Å². The maximum atomic E-state index is 12.0. The summed E-state index contributed by atoms with van der Waals surface area (Å²) in [7, 11) is 0. The Labute approximate surface area is 117 Å². The largest absolute Gasteiger partial charge is 0.324 e. The summed E-state index contributed by atoms with van der Waals surface area (Å²) < 4.78 is 0.738. The van der Waals surface area contributed by atoms with Crippen molar-refractivity contribution in [3.8, 4) is 0 Å². The number of fused-ring (bicyclic) bond motifs is 1. The third-order valence-electron chi connectivity index (χ3n) is 3.24. The maximum Gasteiger partial charge on any atom is 0.323 e. The second kappa shape index (κ2) is 4.82. The first-order chi connectivity index (χ1) is 9.13. The number of carbonyl (C=O) groups is 1. The highest BCUT2D eigenvalue weighted by molar-refractivity contribution is 9.10. The highest BCUT2D eigenvalue weighted by atomic mass is 79.9. The van der Waals surface area contributed by atoms with Crippen LogP contribution in [-0.2, 0) is 4.79 Å². The van der Waals surface area contributed by atoms with Gasteiger partial charge in [-0.05, 0) is 47.4 Å². The molecule has 1 aromatic carbocycles. The summed E-state index contributed by atoms with van der Waals surface area (Å²) in [5.74, 6) is -0.0459. The fourth-order valence-electron chi connectivity index (χ4n) is 2.28. The SMILES string of the molecule is O=C(Nc1cc2[nH]c(=O)[nH]c2cc1Br)C1CCCN1. The van der Waals surface area contributed by atoms with E-state index >= 15 is 0 Å². The zero-order valence-corrected chi connectivity index (χ0v) is 11.6. The molecule has 0 radical (unpaired) electrons. The number of anilines is 1. The number of benzene rings is 1. The molecule has 1 saturated heterocycles. The van der Waals surface area contributed by atoms with Crippen molar-refractivity contribution in [2.75, 3.05) is 11.9 Å². The summed E-state index contributed by atoms with van der Waals surface area (Å²) in [5.41, 5.74) is 1.76. The Balaban J connectivity index is 1.89. The van der Waals surface area contributed by atoms with E-state index in [1.54, 1.807) is 12.1 Å². The van der Waals surface area contributed by atoms with Crippen LogP contribution in [0.4, 0.5) is 5.69 Å². The van der Waals surface area contributed by atoms with Crippen molar-refractivity contribution < 1.29 is 4.79 Å². The molecule has 2 heterocycles. The summed E-state index contributed by atoms with van der Waals surface area (Å²) in [5, 5.41) is 6.02. The molecule has 7 heteroatoms. The average molecular weight is 325 g/mol. The number of aromatic amines is 2. The van der Waals surface area contributed by atoms with Crippen LogP contribution in [0.15, 0.2) is 21.4 Å². The van der Waals surface area contributed by atoms with E-state index in [0.717, 1.165) is 23.9 Å². The van der Waals surface area contributed by atoms with E-state index in [-0.39, 0.29) is 17.6 Å². The standard InChI is InChI=1S/C12H13BrN4O2/c13-6-4-9-10(17-12(19)16-9)5-8(6)15-11(18)7-2-1-3-14-7/h4-5,7,14H,1-3H2,(H,15,18)(H2,16,17,19). The molecule has 6 nitrogen and oxygen atoms in total. The van der Waals surface area contributed by atoms with Crippen LogP contribution in [0.1, 0.15) is 12.8 Å². The molecule has 1 aliphatic heterocycles. The highest BCUT2D eigenvalue weighted by Crippen LogP contribution is 2.26. The molecule has 0 bridgehead atoms. The van der Waals surface area contributed by atoms with Crippen molar-refractivity contribution in [1.29, 1.82) is 0 Å². The summed E-state index contributed by atoms with van der Waals surface area (Å²) in [6.07, 6.45) is 1.87. The Morgan fingerprint density at radius 3 is 2.74 bits per heavy atom. The number of rotatable bonds is 2. The lowest BCUT2D eigenvalue weighted by Gasteiger charge is -2.12. The quantitative estimate of drug-likeness (QED) is 0.671. The van der Waals surface area contributed by atoms with Crippen LogP contribution in [0, 0.1) is 0 Å². The van der Waals surface area contributed by atoms with Gasteiger partial charge in [0.1, 0.15) is 0 Å². The fourth-order valence-corrected chi connectivity index (χ4v) is 2.72. The molecule has 1 unspecified atom stereocenters. The van der Waals surface area contributed by atoms with Crippen LogP contribution in [0.25, 0.3) is 11.0 Å². The Bertz CT molecular complexity index is 685. The third-order valence-corrected chi connectivity index (χ3v) is 3.89. The molecule has 3 rings (SSSR count). The number of aromatic nitrogens is 2. The number of carbonyl (C=O) groups excluding carboxylic acids is 1. The molecular weight excluding hydrogens is 312 g/mol. The highest BCUT2D eigenvalue weighted by Gasteiger charge is 2.22. The third kappa shape index (κ3) is 2.43. The van der Waals surface area contributed by atoms with E-state index in [1.807, 2.05) is 0 Å². The molecule has 19 heavy (non-hydrogen) atoms. The van der Waals surface area contributed by atoms with E-state index in [2.05, 4.69) is 36.5 Å². The molecule has 2 aromatic rings. The molecule has 100 valence electrons. The first-order valence-corrected chi connectivity index (χ1v) is 6.88. The molecule has 0 spiro atoms. The lowest BCUT2D eigenvalue weighted by atomic mass is 10.2. The van der Waals surface area contributed by atoms with Crippen molar-refractivity contribution >= 4 is 38.6 Å². The first-order valence-electron chi connectivity index (χ1n) is 6.09. The van der Waals surface area contributed by atoms with Gasteiger partial charge in [0.05, 0.1) is 22.8 Å². The van der Waals surface area contributed by atoms with Gasteiger partial charge in [-0.25, -0.2) is 4.79 Å². The van der Waals surface area contributed by atoms with Gasteiger partial charge in [0, 0.05) is 4.47 Å². The predicted octanol–water partition coefficient (Wildman–Crippen LogP) is 1.31. The Kier molecular flexibility index (Phi) is 3.16. The number of H-pyrrole nitrogens is 2. The average Bonchev–Trinajstić information content (AvgIpc) is 2.97. The smallest absolute Gasteiger partial charge is 0.323 e. The minimum atomic E-state index is -0.261. The molecule has 1 aliphatic rings. The number of hydrogen-bond acceptors (Lipinski definition) is 3. The summed E-state index contributed by atoms with van der Waals surface area (Å²) in [6.45, 7) is 0.878. The Morgan fingerprint density at radius 1 is 1.32 bits per heavy atom. The van der Waals surface area contributed by atoms with Crippen LogP contribution in [0.5, 0.6) is 0 Å². The molecule has 1 aromatic heterocycles. The van der Waals surface area contributed by atoms with Gasteiger partial charge in [-0.1, -0.05) is 0 Å². The number of nitrogens with one attached hydrogen (secondary N) is 4. The van der Waals surface area contributed by atoms with Crippen LogP contribution in [0.2, 0.25) is 0 Å². The number of amides is 1. The minimum Gasteiger partial charge on any atom is -0.324 e. The van der Waals surface area contributed by atoms with Crippen LogP contribution in [-0.4, -0.2) is 28.5 Å². The summed E-state index contributed by atoms with van der Waals surface area (Å²) >= 11 is 3.39. The number of hydrogen-bond donors (Lipinski definition) is 4. The molecular formula is C12H13BrN4O2. The van der Waals surface area contributed by atoms with Gasteiger partial charge in [-0.3, -0.25) is 4.79 Å². The second-order valence-electron chi connectivity index (χ2n) is 4.59. The first kappa shape index (κ1) is 12.4. The predicted molar refractivity (Wildman–Crippen MR) is 76.3 cm³/mol. The van der Waals surface area contributed by atoms with Gasteiger partial charge in [-0.2, -0.15) is 0 Å². The minimum absolute atomic E-state index is 0.0459. The molecule has 0 aliphatic carbocycles. The molecule has 1 atom stereocenters. The van der Waals surface area contributed by atoms with Gasteiger partial charge in [0.15, 0.2) is 0 Å². The van der Waals surface area contributed by atoms with Crippen LogP contribution < -0.4 is 16.3 Å². The maximum absolute atomic E-state index is 12.0. The van der Waals surface area contributed by atoms with E-state index < -0.39 is 0 Å². The molecule has 4 N–H and O–H groups in total. The monoisotopic (exact) mass is 324 g/mol. The fraction of sp³-hybridized carbons (Fsp3) is 0.333. The topological polar surface area (TPSA) is 89.8 Å². The number of imidazole rings is 1. The molecule has 1 fully saturated rings. The van der Waals surface area contributed by atoms with Crippen molar-refractivity contribution in [2.24, 2.45) is 0 Å².